The molecule has 2 atom stereocenters. The van der Waals surface area contributed by atoms with Gasteiger partial charge in [-0.2, -0.15) is 0 Å². The number of nitrogens with one attached hydrogen (secondary N) is 1. The van der Waals surface area contributed by atoms with Gasteiger partial charge in [0.05, 0.1) is 12.3 Å². The number of nitrogens with zero attached hydrogens (tertiary/aromatic N) is 1. The van der Waals surface area contributed by atoms with Crippen LogP contribution in [0.2, 0.25) is 0 Å². The van der Waals surface area contributed by atoms with Crippen molar-refractivity contribution in [2.45, 2.75) is 32.6 Å². The molecule has 2 rings (SSSR count). The zero-order valence-electron chi connectivity index (χ0n) is 14.6. The van der Waals surface area contributed by atoms with Crippen LogP contribution in [-0.2, 0) is 20.8 Å². The van der Waals surface area contributed by atoms with Gasteiger partial charge in [-0.3, -0.25) is 14.4 Å². The van der Waals surface area contributed by atoms with E-state index in [2.05, 4.69) is 5.32 Å². The van der Waals surface area contributed by atoms with Crippen molar-refractivity contribution in [2.24, 2.45) is 11.8 Å². The van der Waals surface area contributed by atoms with Gasteiger partial charge in [0.1, 0.15) is 0 Å². The molecule has 1 aromatic rings. The number of likely N-dealkylation sites (tertiary alicyclic amines) is 1. The molecule has 1 aliphatic rings. The van der Waals surface area contributed by atoms with Crippen LogP contribution in [0, 0.1) is 11.8 Å². The standard InChI is InChI=1S/C19H26N2O4/c1-14(10-18(23)24)12-20-19(25)16-8-5-9-21(13-16)17(22)11-15-6-3-2-4-7-15/h2-4,6-7,14,16H,5,8-13H2,1H3,(H,20,25)(H,23,24). The van der Waals surface area contributed by atoms with Crippen molar-refractivity contribution in [1.82, 2.24) is 10.2 Å². The van der Waals surface area contributed by atoms with Gasteiger partial charge in [-0.05, 0) is 24.3 Å². The molecule has 1 aromatic carbocycles. The van der Waals surface area contributed by atoms with Crippen molar-refractivity contribution in [3.63, 3.8) is 0 Å². The Hall–Kier alpha value is -2.37. The fourth-order valence-electron chi connectivity index (χ4n) is 3.09. The minimum Gasteiger partial charge on any atom is -0.481 e. The zero-order chi connectivity index (χ0) is 18.2. The van der Waals surface area contributed by atoms with Crippen molar-refractivity contribution in [3.05, 3.63) is 35.9 Å². The second-order valence-electron chi connectivity index (χ2n) is 6.79. The fourth-order valence-corrected chi connectivity index (χ4v) is 3.09. The zero-order valence-corrected chi connectivity index (χ0v) is 14.6. The lowest BCUT2D eigenvalue weighted by atomic mass is 9.96. The maximum absolute atomic E-state index is 12.5. The summed E-state index contributed by atoms with van der Waals surface area (Å²) in [5.74, 6) is -1.24. The second-order valence-corrected chi connectivity index (χ2v) is 6.79. The van der Waals surface area contributed by atoms with Gasteiger partial charge in [0.15, 0.2) is 0 Å². The van der Waals surface area contributed by atoms with E-state index in [9.17, 15) is 14.4 Å². The summed E-state index contributed by atoms with van der Waals surface area (Å²) in [7, 11) is 0. The first-order valence-corrected chi connectivity index (χ1v) is 8.77. The van der Waals surface area contributed by atoms with Crippen LogP contribution in [0.3, 0.4) is 0 Å². The molecule has 136 valence electrons. The third-order valence-corrected chi connectivity index (χ3v) is 4.49. The van der Waals surface area contributed by atoms with Gasteiger partial charge in [0.2, 0.25) is 11.8 Å². The smallest absolute Gasteiger partial charge is 0.303 e. The van der Waals surface area contributed by atoms with Crippen LogP contribution in [0.5, 0.6) is 0 Å². The summed E-state index contributed by atoms with van der Waals surface area (Å²) in [6, 6.07) is 9.59. The van der Waals surface area contributed by atoms with Crippen molar-refractivity contribution in [2.75, 3.05) is 19.6 Å². The molecule has 0 bridgehead atoms. The molecule has 0 aliphatic carbocycles. The number of rotatable bonds is 7. The molecular formula is C19H26N2O4. The monoisotopic (exact) mass is 346 g/mol. The summed E-state index contributed by atoms with van der Waals surface area (Å²) in [6.07, 6.45) is 1.95. The Balaban J connectivity index is 1.82. The fraction of sp³-hybridized carbons (Fsp3) is 0.526. The van der Waals surface area contributed by atoms with Crippen molar-refractivity contribution >= 4 is 17.8 Å². The third-order valence-electron chi connectivity index (χ3n) is 4.49. The Morgan fingerprint density at radius 3 is 2.68 bits per heavy atom. The Kier molecular flexibility index (Phi) is 6.98. The van der Waals surface area contributed by atoms with E-state index >= 15 is 0 Å². The van der Waals surface area contributed by atoms with E-state index in [1.807, 2.05) is 30.3 Å². The molecule has 1 aliphatic heterocycles. The molecule has 2 unspecified atom stereocenters. The molecule has 0 saturated carbocycles. The Morgan fingerprint density at radius 1 is 1.28 bits per heavy atom. The molecule has 0 aromatic heterocycles. The van der Waals surface area contributed by atoms with Gasteiger partial charge in [0, 0.05) is 26.1 Å². The number of carboxylic acids is 1. The van der Waals surface area contributed by atoms with Crippen molar-refractivity contribution in [1.29, 1.82) is 0 Å². The average molecular weight is 346 g/mol. The van der Waals surface area contributed by atoms with E-state index in [1.165, 1.54) is 0 Å². The largest absolute Gasteiger partial charge is 0.481 e. The summed E-state index contributed by atoms with van der Waals surface area (Å²) in [6.45, 7) is 3.26. The summed E-state index contributed by atoms with van der Waals surface area (Å²) in [5, 5.41) is 11.6. The average Bonchev–Trinajstić information content (AvgIpc) is 2.60. The number of aliphatic carboxylic acids is 1. The highest BCUT2D eigenvalue weighted by atomic mass is 16.4. The Bertz CT molecular complexity index is 603. The number of carbonyl (C=O) groups is 3. The first-order chi connectivity index (χ1) is 12.0. The van der Waals surface area contributed by atoms with Crippen LogP contribution in [0.25, 0.3) is 0 Å². The lowest BCUT2D eigenvalue weighted by Gasteiger charge is -2.32. The SMILES string of the molecule is CC(CNC(=O)C1CCCN(C(=O)Cc2ccccc2)C1)CC(=O)O. The second kappa shape index (κ2) is 9.20. The van der Waals surface area contributed by atoms with Gasteiger partial charge >= 0.3 is 5.97 Å². The molecule has 2 amide bonds. The number of benzene rings is 1. The molecule has 1 saturated heterocycles. The molecule has 25 heavy (non-hydrogen) atoms. The highest BCUT2D eigenvalue weighted by molar-refractivity contribution is 5.82. The number of hydrogen-bond donors (Lipinski definition) is 2. The van der Waals surface area contributed by atoms with Gasteiger partial charge < -0.3 is 15.3 Å². The van der Waals surface area contributed by atoms with Crippen LogP contribution < -0.4 is 5.32 Å². The summed E-state index contributed by atoms with van der Waals surface area (Å²) in [4.78, 5) is 37.2. The summed E-state index contributed by atoms with van der Waals surface area (Å²) >= 11 is 0. The van der Waals surface area contributed by atoms with Gasteiger partial charge in [-0.15, -0.1) is 0 Å². The Labute approximate surface area is 148 Å². The Morgan fingerprint density at radius 2 is 2.00 bits per heavy atom. The topological polar surface area (TPSA) is 86.7 Å². The quantitative estimate of drug-likeness (QED) is 0.787. The van der Waals surface area contributed by atoms with Crippen molar-refractivity contribution < 1.29 is 19.5 Å². The van der Waals surface area contributed by atoms with Crippen molar-refractivity contribution in [3.8, 4) is 0 Å². The van der Waals surface area contributed by atoms with Gasteiger partial charge in [-0.1, -0.05) is 37.3 Å². The van der Waals surface area contributed by atoms with E-state index < -0.39 is 5.97 Å². The number of piperidine rings is 1. The highest BCUT2D eigenvalue weighted by Crippen LogP contribution is 2.18. The van der Waals surface area contributed by atoms with Crippen LogP contribution in [0.1, 0.15) is 31.7 Å². The first-order valence-electron chi connectivity index (χ1n) is 8.77. The minimum atomic E-state index is -0.864. The predicted octanol–water partition coefficient (Wildman–Crippen LogP) is 1.69. The van der Waals surface area contributed by atoms with Gasteiger partial charge in [0.25, 0.3) is 0 Å². The molecule has 6 nitrogen and oxygen atoms in total. The van der Waals surface area contributed by atoms with Crippen LogP contribution in [0.15, 0.2) is 30.3 Å². The lowest BCUT2D eigenvalue weighted by Crippen LogP contribution is -2.46. The molecule has 2 N–H and O–H groups in total. The summed E-state index contributed by atoms with van der Waals surface area (Å²) in [5.41, 5.74) is 0.974. The number of carbonyl (C=O) groups excluding carboxylic acids is 2. The van der Waals surface area contributed by atoms with Crippen LogP contribution in [0.4, 0.5) is 0 Å². The molecule has 1 heterocycles. The van der Waals surface area contributed by atoms with E-state index in [-0.39, 0.29) is 30.1 Å². The molecule has 1 fully saturated rings. The van der Waals surface area contributed by atoms with Crippen LogP contribution in [-0.4, -0.2) is 47.4 Å². The van der Waals surface area contributed by atoms with Crippen LogP contribution >= 0.6 is 0 Å². The number of carboxylic acid groups (broad SMARTS) is 1. The number of amides is 2. The third kappa shape index (κ3) is 6.21. The number of hydrogen-bond acceptors (Lipinski definition) is 3. The highest BCUT2D eigenvalue weighted by Gasteiger charge is 2.28. The maximum atomic E-state index is 12.5. The minimum absolute atomic E-state index is 0.0344. The predicted molar refractivity (Wildman–Crippen MR) is 93.9 cm³/mol. The normalized spacial score (nSPS) is 18.4. The maximum Gasteiger partial charge on any atom is 0.303 e. The molecule has 6 heteroatoms. The van der Waals surface area contributed by atoms with E-state index in [4.69, 9.17) is 5.11 Å². The molecule has 0 spiro atoms. The molecular weight excluding hydrogens is 320 g/mol. The molecule has 0 radical (unpaired) electrons. The van der Waals surface area contributed by atoms with E-state index in [1.54, 1.807) is 11.8 Å². The van der Waals surface area contributed by atoms with E-state index in [0.717, 1.165) is 18.4 Å². The lowest BCUT2D eigenvalue weighted by molar-refractivity contribution is -0.139. The van der Waals surface area contributed by atoms with E-state index in [0.29, 0.717) is 26.1 Å². The van der Waals surface area contributed by atoms with Gasteiger partial charge in [-0.25, -0.2) is 0 Å². The first kappa shape index (κ1) is 19.0. The summed E-state index contributed by atoms with van der Waals surface area (Å²) < 4.78 is 0.